The number of nitrogens with zero attached hydrogens (tertiary/aromatic N) is 2. The Kier molecular flexibility index (Phi) is 3.71. The van der Waals surface area contributed by atoms with Gasteiger partial charge < -0.3 is 0 Å². The van der Waals surface area contributed by atoms with Gasteiger partial charge in [0, 0.05) is 11.8 Å². The van der Waals surface area contributed by atoms with E-state index in [1.54, 1.807) is 17.0 Å². The van der Waals surface area contributed by atoms with E-state index in [9.17, 15) is 4.79 Å². The van der Waals surface area contributed by atoms with Crippen LogP contribution in [0.5, 0.6) is 0 Å². The second-order valence-electron chi connectivity index (χ2n) is 5.94. The maximum atomic E-state index is 11.8. The molecule has 0 atom stereocenters. The van der Waals surface area contributed by atoms with Crippen LogP contribution in [0.4, 0.5) is 0 Å². The first-order valence-electron chi connectivity index (χ1n) is 6.49. The zero-order valence-corrected chi connectivity index (χ0v) is 13.0. The van der Waals surface area contributed by atoms with Gasteiger partial charge in [0.1, 0.15) is 0 Å². The van der Waals surface area contributed by atoms with E-state index in [-0.39, 0.29) is 5.56 Å². The summed E-state index contributed by atoms with van der Waals surface area (Å²) in [4.78, 5) is 16.0. The molecule has 0 amide bonds. The second kappa shape index (κ2) is 5.13. The van der Waals surface area contributed by atoms with Crippen molar-refractivity contribution >= 4 is 13.3 Å². The van der Waals surface area contributed by atoms with Crippen molar-refractivity contribution in [3.63, 3.8) is 0 Å². The van der Waals surface area contributed by atoms with E-state index >= 15 is 0 Å². The van der Waals surface area contributed by atoms with Gasteiger partial charge in [-0.25, -0.2) is 4.98 Å². The van der Waals surface area contributed by atoms with Gasteiger partial charge in [0.2, 0.25) is 0 Å². The highest BCUT2D eigenvalue weighted by molar-refractivity contribution is 6.88. The molecule has 3 nitrogen and oxygen atoms in total. The van der Waals surface area contributed by atoms with Crippen LogP contribution in [0.15, 0.2) is 41.5 Å². The summed E-state index contributed by atoms with van der Waals surface area (Å²) in [5.41, 5.74) is 1.90. The van der Waals surface area contributed by atoms with Gasteiger partial charge in [-0.1, -0.05) is 49.1 Å². The maximum absolute atomic E-state index is 11.8. The second-order valence-corrected chi connectivity index (χ2v) is 11.0. The minimum absolute atomic E-state index is 0.00164. The third-order valence-corrected chi connectivity index (χ3v) is 5.25. The molecule has 0 saturated carbocycles. The molecule has 0 radical (unpaired) electrons. The van der Waals surface area contributed by atoms with Crippen molar-refractivity contribution in [2.45, 2.75) is 33.1 Å². The molecule has 0 N–H and O–H groups in total. The van der Waals surface area contributed by atoms with E-state index in [4.69, 9.17) is 0 Å². The van der Waals surface area contributed by atoms with Crippen LogP contribution in [0.2, 0.25) is 19.6 Å². The average molecular weight is 272 g/mol. The number of hydrogen-bond donors (Lipinski definition) is 0. The van der Waals surface area contributed by atoms with Crippen molar-refractivity contribution in [2.24, 2.45) is 0 Å². The molecule has 2 rings (SSSR count). The average Bonchev–Trinajstić information content (AvgIpc) is 2.32. The summed E-state index contributed by atoms with van der Waals surface area (Å²) in [5, 5.41) is 1.44. The fourth-order valence-electron chi connectivity index (χ4n) is 1.94. The summed E-state index contributed by atoms with van der Waals surface area (Å²) in [7, 11) is -1.25. The highest BCUT2D eigenvalue weighted by Crippen LogP contribution is 2.05. The van der Waals surface area contributed by atoms with Gasteiger partial charge in [-0.15, -0.1) is 0 Å². The Balaban J connectivity index is 2.22. The first-order valence-corrected chi connectivity index (χ1v) is 9.99. The Morgan fingerprint density at radius 3 is 2.32 bits per heavy atom. The Labute approximate surface area is 115 Å². The Morgan fingerprint density at radius 2 is 1.79 bits per heavy atom. The molecular formula is C15H20N2OSi. The Bertz CT molecular complexity index is 624. The third kappa shape index (κ3) is 3.41. The highest BCUT2D eigenvalue weighted by Gasteiger charge is 2.15. The van der Waals surface area contributed by atoms with Gasteiger partial charge in [-0.3, -0.25) is 9.36 Å². The summed E-state index contributed by atoms with van der Waals surface area (Å²) in [6.07, 6.45) is 1.62. The molecule has 0 bridgehead atoms. The van der Waals surface area contributed by atoms with Crippen molar-refractivity contribution in [3.8, 4) is 0 Å². The number of rotatable bonds is 3. The molecule has 4 heteroatoms. The molecule has 0 saturated heterocycles. The topological polar surface area (TPSA) is 34.9 Å². The number of benzene rings is 1. The van der Waals surface area contributed by atoms with E-state index in [0.717, 1.165) is 11.3 Å². The van der Waals surface area contributed by atoms with E-state index in [0.29, 0.717) is 6.54 Å². The van der Waals surface area contributed by atoms with Crippen molar-refractivity contribution in [2.75, 3.05) is 0 Å². The van der Waals surface area contributed by atoms with Crippen molar-refractivity contribution < 1.29 is 0 Å². The summed E-state index contributed by atoms with van der Waals surface area (Å²) in [6, 6.07) is 10.2. The molecular weight excluding hydrogens is 252 g/mol. The lowest BCUT2D eigenvalue weighted by molar-refractivity contribution is 0.730. The van der Waals surface area contributed by atoms with Crippen LogP contribution in [0.1, 0.15) is 11.3 Å². The summed E-state index contributed by atoms with van der Waals surface area (Å²) in [6.45, 7) is 9.40. The number of hydrogen-bond acceptors (Lipinski definition) is 2. The lowest BCUT2D eigenvalue weighted by Gasteiger charge is -2.16. The predicted octanol–water partition coefficient (Wildman–Crippen LogP) is 2.15. The SMILES string of the molecule is Cc1cc(=O)n(Cc2ccc([Si](C)(C)C)cc2)cn1. The van der Waals surface area contributed by atoms with E-state index in [1.165, 1.54) is 5.19 Å². The molecule has 0 unspecified atom stereocenters. The third-order valence-electron chi connectivity index (χ3n) is 3.19. The number of aromatic nitrogens is 2. The lowest BCUT2D eigenvalue weighted by atomic mass is 10.2. The van der Waals surface area contributed by atoms with Crippen LogP contribution < -0.4 is 10.7 Å². The quantitative estimate of drug-likeness (QED) is 0.802. The van der Waals surface area contributed by atoms with Crippen LogP contribution in [-0.4, -0.2) is 17.6 Å². The first-order chi connectivity index (χ1) is 8.86. The molecule has 0 aliphatic heterocycles. The molecule has 0 aliphatic carbocycles. The maximum Gasteiger partial charge on any atom is 0.253 e. The van der Waals surface area contributed by atoms with Crippen LogP contribution in [0.25, 0.3) is 0 Å². The fourth-order valence-corrected chi connectivity index (χ4v) is 3.11. The Hall–Kier alpha value is -1.68. The van der Waals surface area contributed by atoms with E-state index < -0.39 is 8.07 Å². The minimum Gasteiger partial charge on any atom is -0.295 e. The molecule has 1 aromatic heterocycles. The minimum atomic E-state index is -1.25. The number of aryl methyl sites for hydroxylation is 1. The first kappa shape index (κ1) is 13.7. The van der Waals surface area contributed by atoms with Crippen LogP contribution >= 0.6 is 0 Å². The summed E-state index contributed by atoms with van der Waals surface area (Å²) < 4.78 is 1.64. The van der Waals surface area contributed by atoms with Gasteiger partial charge in [0.05, 0.1) is 20.9 Å². The molecule has 0 fully saturated rings. The molecule has 0 spiro atoms. The summed E-state index contributed by atoms with van der Waals surface area (Å²) in [5.74, 6) is 0. The summed E-state index contributed by atoms with van der Waals surface area (Å²) >= 11 is 0. The van der Waals surface area contributed by atoms with E-state index in [2.05, 4.69) is 48.9 Å². The Morgan fingerprint density at radius 1 is 1.16 bits per heavy atom. The monoisotopic (exact) mass is 272 g/mol. The predicted molar refractivity (Wildman–Crippen MR) is 81.8 cm³/mol. The van der Waals surface area contributed by atoms with Gasteiger partial charge in [0.15, 0.2) is 0 Å². The largest absolute Gasteiger partial charge is 0.295 e. The van der Waals surface area contributed by atoms with Crippen LogP contribution in [0.3, 0.4) is 0 Å². The molecule has 19 heavy (non-hydrogen) atoms. The zero-order valence-electron chi connectivity index (χ0n) is 12.0. The van der Waals surface area contributed by atoms with Crippen molar-refractivity contribution in [1.29, 1.82) is 0 Å². The van der Waals surface area contributed by atoms with Crippen LogP contribution in [0, 0.1) is 6.92 Å². The molecule has 100 valence electrons. The normalized spacial score (nSPS) is 11.6. The lowest BCUT2D eigenvalue weighted by Crippen LogP contribution is -2.37. The molecule has 2 aromatic rings. The standard InChI is InChI=1S/C15H20N2OSi/c1-12-9-15(18)17(11-16-12)10-13-5-7-14(8-6-13)19(2,3)4/h5-9,11H,10H2,1-4H3. The molecule has 1 heterocycles. The van der Waals surface area contributed by atoms with Crippen LogP contribution in [-0.2, 0) is 6.54 Å². The smallest absolute Gasteiger partial charge is 0.253 e. The van der Waals surface area contributed by atoms with Gasteiger partial charge in [-0.2, -0.15) is 0 Å². The van der Waals surface area contributed by atoms with Gasteiger partial charge in [-0.05, 0) is 12.5 Å². The van der Waals surface area contributed by atoms with Gasteiger partial charge >= 0.3 is 0 Å². The highest BCUT2D eigenvalue weighted by atomic mass is 28.3. The zero-order chi connectivity index (χ0) is 14.0. The molecule has 0 aliphatic rings. The van der Waals surface area contributed by atoms with Crippen molar-refractivity contribution in [1.82, 2.24) is 9.55 Å². The van der Waals surface area contributed by atoms with Gasteiger partial charge in [0.25, 0.3) is 5.56 Å². The fraction of sp³-hybridized carbons (Fsp3) is 0.333. The van der Waals surface area contributed by atoms with E-state index in [1.807, 2.05) is 6.92 Å². The van der Waals surface area contributed by atoms with Crippen molar-refractivity contribution in [3.05, 3.63) is 58.3 Å². The molecule has 1 aromatic carbocycles.